The molecule has 0 spiro atoms. The Morgan fingerprint density at radius 1 is 1.20 bits per heavy atom. The van der Waals surface area contributed by atoms with Crippen molar-refractivity contribution in [1.82, 2.24) is 5.32 Å². The third kappa shape index (κ3) is 2.93. The molecule has 3 heterocycles. The van der Waals surface area contributed by atoms with Gasteiger partial charge in [-0.25, -0.2) is 0 Å². The SMILES string of the molecule is C[C@@H]1COc2cc3c(c(C4CC4)c2N1C[C@H]1CCCO1)CCNCC3. The number of ether oxygens (including phenoxy) is 2. The van der Waals surface area contributed by atoms with Crippen LogP contribution in [0.3, 0.4) is 0 Å². The average molecular weight is 342 g/mol. The van der Waals surface area contributed by atoms with E-state index in [1.807, 2.05) is 0 Å². The molecule has 3 aliphatic heterocycles. The third-order valence-electron chi connectivity index (χ3n) is 6.34. The highest BCUT2D eigenvalue weighted by atomic mass is 16.5. The molecule has 0 aromatic heterocycles. The third-order valence-corrected chi connectivity index (χ3v) is 6.34. The molecular formula is C21H30N2O2. The number of anilines is 1. The van der Waals surface area contributed by atoms with Crippen LogP contribution in [0.4, 0.5) is 5.69 Å². The zero-order chi connectivity index (χ0) is 16.8. The lowest BCUT2D eigenvalue weighted by molar-refractivity contribution is 0.111. The van der Waals surface area contributed by atoms with Crippen molar-refractivity contribution in [3.05, 3.63) is 22.8 Å². The van der Waals surface area contributed by atoms with E-state index in [1.54, 1.807) is 11.1 Å². The van der Waals surface area contributed by atoms with E-state index >= 15 is 0 Å². The molecule has 0 radical (unpaired) electrons. The Labute approximate surface area is 150 Å². The molecule has 4 nitrogen and oxygen atoms in total. The van der Waals surface area contributed by atoms with Crippen LogP contribution in [0, 0.1) is 0 Å². The summed E-state index contributed by atoms with van der Waals surface area (Å²) in [4.78, 5) is 2.63. The van der Waals surface area contributed by atoms with Gasteiger partial charge in [0.05, 0.1) is 17.8 Å². The van der Waals surface area contributed by atoms with E-state index in [2.05, 4.69) is 23.2 Å². The van der Waals surface area contributed by atoms with Crippen LogP contribution in [0.1, 0.15) is 55.2 Å². The van der Waals surface area contributed by atoms with Crippen LogP contribution in [0.15, 0.2) is 6.07 Å². The quantitative estimate of drug-likeness (QED) is 0.915. The van der Waals surface area contributed by atoms with Gasteiger partial charge in [0.2, 0.25) is 0 Å². The number of hydrogen-bond acceptors (Lipinski definition) is 4. The maximum absolute atomic E-state index is 6.25. The largest absolute Gasteiger partial charge is 0.489 e. The summed E-state index contributed by atoms with van der Waals surface area (Å²) >= 11 is 0. The molecule has 25 heavy (non-hydrogen) atoms. The Hall–Kier alpha value is -1.26. The van der Waals surface area contributed by atoms with Crippen LogP contribution in [-0.2, 0) is 17.6 Å². The first kappa shape index (κ1) is 16.0. The molecule has 1 aromatic rings. The van der Waals surface area contributed by atoms with Crippen LogP contribution in [0.25, 0.3) is 0 Å². The van der Waals surface area contributed by atoms with Crippen molar-refractivity contribution in [2.24, 2.45) is 0 Å². The Kier molecular flexibility index (Phi) is 4.13. The van der Waals surface area contributed by atoms with Gasteiger partial charge in [0.1, 0.15) is 12.4 Å². The summed E-state index contributed by atoms with van der Waals surface area (Å²) in [5.74, 6) is 1.89. The lowest BCUT2D eigenvalue weighted by Crippen LogP contribution is -2.45. The fourth-order valence-electron chi connectivity index (χ4n) is 4.86. The molecule has 0 unspecified atom stereocenters. The topological polar surface area (TPSA) is 33.7 Å². The minimum atomic E-state index is 0.390. The van der Waals surface area contributed by atoms with E-state index < -0.39 is 0 Å². The van der Waals surface area contributed by atoms with E-state index in [0.717, 1.165) is 57.4 Å². The maximum atomic E-state index is 6.25. The molecule has 1 aromatic carbocycles. The Bertz CT molecular complexity index is 650. The van der Waals surface area contributed by atoms with Gasteiger partial charge in [0.25, 0.3) is 0 Å². The molecule has 1 aliphatic carbocycles. The molecule has 0 amide bonds. The number of fused-ring (bicyclic) bond motifs is 2. The molecule has 2 atom stereocenters. The average Bonchev–Trinajstić information content (AvgIpc) is 3.37. The standard InChI is InChI=1S/C21H30N2O2/c1-14-13-25-19-11-16-6-8-22-9-7-18(16)20(15-4-5-15)21(19)23(14)12-17-3-2-10-24-17/h11,14-15,17,22H,2-10,12-13H2,1H3/t14-,17-/m1/s1. The molecule has 1 saturated heterocycles. The van der Waals surface area contributed by atoms with Gasteiger partial charge in [-0.1, -0.05) is 0 Å². The van der Waals surface area contributed by atoms with Crippen LogP contribution in [-0.4, -0.2) is 45.0 Å². The van der Waals surface area contributed by atoms with Crippen LogP contribution >= 0.6 is 0 Å². The second-order valence-corrected chi connectivity index (χ2v) is 8.25. The maximum Gasteiger partial charge on any atom is 0.143 e. The second kappa shape index (κ2) is 6.48. The summed E-state index contributed by atoms with van der Waals surface area (Å²) in [5, 5.41) is 3.58. The van der Waals surface area contributed by atoms with Crippen molar-refractivity contribution in [1.29, 1.82) is 0 Å². The number of nitrogens with zero attached hydrogens (tertiary/aromatic N) is 1. The minimum absolute atomic E-state index is 0.390. The van der Waals surface area contributed by atoms with Crippen molar-refractivity contribution >= 4 is 5.69 Å². The zero-order valence-electron chi connectivity index (χ0n) is 15.4. The fourth-order valence-corrected chi connectivity index (χ4v) is 4.86. The predicted molar refractivity (Wildman–Crippen MR) is 100.0 cm³/mol. The van der Waals surface area contributed by atoms with E-state index in [9.17, 15) is 0 Å². The molecule has 136 valence electrons. The molecule has 0 bridgehead atoms. The highest BCUT2D eigenvalue weighted by molar-refractivity contribution is 5.72. The summed E-state index contributed by atoms with van der Waals surface area (Å²) in [7, 11) is 0. The van der Waals surface area contributed by atoms with Crippen molar-refractivity contribution in [3.8, 4) is 5.75 Å². The van der Waals surface area contributed by atoms with Crippen molar-refractivity contribution in [2.45, 2.75) is 63.5 Å². The lowest BCUT2D eigenvalue weighted by Gasteiger charge is -2.40. The summed E-state index contributed by atoms with van der Waals surface area (Å²) in [5.41, 5.74) is 6.19. The Balaban J connectivity index is 1.59. The van der Waals surface area contributed by atoms with Crippen molar-refractivity contribution in [2.75, 3.05) is 37.7 Å². The van der Waals surface area contributed by atoms with Crippen molar-refractivity contribution < 1.29 is 9.47 Å². The second-order valence-electron chi connectivity index (χ2n) is 8.25. The summed E-state index contributed by atoms with van der Waals surface area (Å²) in [6, 6.07) is 2.79. The smallest absolute Gasteiger partial charge is 0.143 e. The first-order valence-corrected chi connectivity index (χ1v) is 10.2. The van der Waals surface area contributed by atoms with Gasteiger partial charge in [0, 0.05) is 13.2 Å². The van der Waals surface area contributed by atoms with E-state index in [0.29, 0.717) is 12.1 Å². The van der Waals surface area contributed by atoms with E-state index in [1.165, 1.54) is 36.9 Å². The van der Waals surface area contributed by atoms with Gasteiger partial charge in [-0.2, -0.15) is 0 Å². The monoisotopic (exact) mass is 342 g/mol. The number of rotatable bonds is 3. The summed E-state index contributed by atoms with van der Waals surface area (Å²) in [6.45, 7) is 7.25. The summed E-state index contributed by atoms with van der Waals surface area (Å²) in [6.07, 6.45) is 7.79. The Morgan fingerprint density at radius 3 is 2.88 bits per heavy atom. The number of benzene rings is 1. The summed E-state index contributed by atoms with van der Waals surface area (Å²) < 4.78 is 12.2. The lowest BCUT2D eigenvalue weighted by atomic mass is 9.90. The molecule has 2 fully saturated rings. The highest BCUT2D eigenvalue weighted by Crippen LogP contribution is 2.52. The van der Waals surface area contributed by atoms with Crippen LogP contribution in [0.5, 0.6) is 5.75 Å². The highest BCUT2D eigenvalue weighted by Gasteiger charge is 2.38. The van der Waals surface area contributed by atoms with E-state index in [4.69, 9.17) is 9.47 Å². The Morgan fingerprint density at radius 2 is 2.08 bits per heavy atom. The van der Waals surface area contributed by atoms with Gasteiger partial charge in [-0.3, -0.25) is 0 Å². The van der Waals surface area contributed by atoms with Crippen LogP contribution < -0.4 is 15.0 Å². The molecule has 1 N–H and O–H groups in total. The molecule has 4 heteroatoms. The van der Waals surface area contributed by atoms with Gasteiger partial charge in [-0.15, -0.1) is 0 Å². The minimum Gasteiger partial charge on any atom is -0.489 e. The molecule has 1 saturated carbocycles. The molecule has 5 rings (SSSR count). The predicted octanol–water partition coefficient (Wildman–Crippen LogP) is 3.02. The number of nitrogens with one attached hydrogen (secondary N) is 1. The van der Waals surface area contributed by atoms with Crippen molar-refractivity contribution in [3.63, 3.8) is 0 Å². The van der Waals surface area contributed by atoms with Gasteiger partial charge >= 0.3 is 0 Å². The van der Waals surface area contributed by atoms with Gasteiger partial charge in [0.15, 0.2) is 0 Å². The first-order chi connectivity index (χ1) is 12.3. The zero-order valence-corrected chi connectivity index (χ0v) is 15.4. The van der Waals surface area contributed by atoms with Gasteiger partial charge < -0.3 is 19.7 Å². The molecular weight excluding hydrogens is 312 g/mol. The fraction of sp³-hybridized carbons (Fsp3) is 0.714. The number of hydrogen-bond donors (Lipinski definition) is 1. The van der Waals surface area contributed by atoms with Gasteiger partial charge in [-0.05, 0) is 87.2 Å². The molecule has 4 aliphatic rings. The van der Waals surface area contributed by atoms with Crippen LogP contribution in [0.2, 0.25) is 0 Å². The van der Waals surface area contributed by atoms with E-state index in [-0.39, 0.29) is 0 Å². The first-order valence-electron chi connectivity index (χ1n) is 10.2. The normalized spacial score (nSPS) is 28.9.